The molecular weight excluding hydrogens is 313 g/mol. The molecule has 116 valence electrons. The number of carbonyl (C=O) groups is 1. The number of carbonyl (C=O) groups excluding carboxylic acids is 1. The summed E-state index contributed by atoms with van der Waals surface area (Å²) >= 11 is 12.0. The summed E-state index contributed by atoms with van der Waals surface area (Å²) in [7, 11) is 0. The van der Waals surface area contributed by atoms with E-state index in [4.69, 9.17) is 27.9 Å². The van der Waals surface area contributed by atoms with E-state index >= 15 is 0 Å². The van der Waals surface area contributed by atoms with Gasteiger partial charge >= 0.3 is 5.97 Å². The van der Waals surface area contributed by atoms with Crippen LogP contribution in [-0.2, 0) is 9.53 Å². The van der Waals surface area contributed by atoms with Gasteiger partial charge in [-0.15, -0.1) is 5.10 Å². The fourth-order valence-electron chi connectivity index (χ4n) is 1.66. The van der Waals surface area contributed by atoms with E-state index in [1.165, 1.54) is 0 Å². The third kappa shape index (κ3) is 5.10. The van der Waals surface area contributed by atoms with Crippen LogP contribution in [0.1, 0.15) is 20.8 Å². The van der Waals surface area contributed by atoms with Crippen molar-refractivity contribution >= 4 is 40.7 Å². The van der Waals surface area contributed by atoms with Crippen LogP contribution < -0.4 is 5.43 Å². The van der Waals surface area contributed by atoms with Gasteiger partial charge in [0.2, 0.25) is 5.84 Å². The van der Waals surface area contributed by atoms with Crippen molar-refractivity contribution in [2.75, 3.05) is 25.1 Å². The molecular formula is C14H19Cl2N3O2. The van der Waals surface area contributed by atoms with Crippen molar-refractivity contribution in [3.05, 3.63) is 28.2 Å². The van der Waals surface area contributed by atoms with Crippen molar-refractivity contribution in [1.82, 2.24) is 4.90 Å². The molecule has 0 atom stereocenters. The predicted molar refractivity (Wildman–Crippen MR) is 87.1 cm³/mol. The molecule has 0 fully saturated rings. The van der Waals surface area contributed by atoms with Crippen molar-refractivity contribution in [2.24, 2.45) is 5.10 Å². The van der Waals surface area contributed by atoms with Crippen LogP contribution in [0.2, 0.25) is 10.0 Å². The van der Waals surface area contributed by atoms with E-state index in [0.717, 1.165) is 0 Å². The normalized spacial score (nSPS) is 11.2. The summed E-state index contributed by atoms with van der Waals surface area (Å²) in [5.74, 6) is -0.273. The molecule has 21 heavy (non-hydrogen) atoms. The lowest BCUT2D eigenvalue weighted by Gasteiger charge is -2.21. The summed E-state index contributed by atoms with van der Waals surface area (Å²) in [6, 6.07) is 4.97. The Hall–Kier alpha value is -1.46. The first-order valence-electron chi connectivity index (χ1n) is 6.74. The number of ether oxygens (including phenoxy) is 1. The Bertz CT molecular complexity index is 517. The number of esters is 1. The lowest BCUT2D eigenvalue weighted by molar-refractivity contribution is -0.135. The number of hydrogen-bond acceptors (Lipinski definition) is 4. The van der Waals surface area contributed by atoms with Crippen LogP contribution in [0.4, 0.5) is 5.69 Å². The maximum absolute atomic E-state index is 12.0. The molecule has 0 unspecified atom stereocenters. The highest BCUT2D eigenvalue weighted by Gasteiger charge is 2.19. The molecule has 7 heteroatoms. The van der Waals surface area contributed by atoms with Gasteiger partial charge in [0.15, 0.2) is 0 Å². The molecule has 0 aliphatic rings. The first-order valence-corrected chi connectivity index (χ1v) is 7.49. The molecule has 1 aromatic carbocycles. The zero-order valence-corrected chi connectivity index (χ0v) is 13.8. The van der Waals surface area contributed by atoms with Crippen LogP contribution >= 0.6 is 23.2 Å². The Kier molecular flexibility index (Phi) is 7.32. The quantitative estimate of drug-likeness (QED) is 0.387. The van der Waals surface area contributed by atoms with E-state index in [1.54, 1.807) is 30.0 Å². The molecule has 0 amide bonds. The van der Waals surface area contributed by atoms with E-state index in [9.17, 15) is 4.79 Å². The lowest BCUT2D eigenvalue weighted by Crippen LogP contribution is -2.38. The van der Waals surface area contributed by atoms with Gasteiger partial charge in [-0.1, -0.05) is 23.2 Å². The first-order chi connectivity index (χ1) is 10.0. The minimum Gasteiger partial charge on any atom is -0.460 e. The van der Waals surface area contributed by atoms with E-state index in [-0.39, 0.29) is 12.4 Å². The Morgan fingerprint density at radius 1 is 1.29 bits per heavy atom. The van der Waals surface area contributed by atoms with Gasteiger partial charge in [0.25, 0.3) is 0 Å². The van der Waals surface area contributed by atoms with E-state index in [2.05, 4.69) is 10.5 Å². The van der Waals surface area contributed by atoms with Crippen LogP contribution in [0.25, 0.3) is 0 Å². The molecule has 1 aromatic rings. The van der Waals surface area contributed by atoms with E-state index in [1.807, 2.05) is 13.8 Å². The number of hydrazone groups is 1. The van der Waals surface area contributed by atoms with Gasteiger partial charge in [-0.25, -0.2) is 4.79 Å². The topological polar surface area (TPSA) is 53.9 Å². The summed E-state index contributed by atoms with van der Waals surface area (Å²) in [6.45, 7) is 7.18. The Morgan fingerprint density at radius 3 is 2.52 bits per heavy atom. The van der Waals surface area contributed by atoms with Gasteiger partial charge in [0.05, 0.1) is 17.3 Å². The van der Waals surface area contributed by atoms with Gasteiger partial charge in [-0.05, 0) is 39.0 Å². The highest BCUT2D eigenvalue weighted by molar-refractivity contribution is 6.36. The second-order valence-electron chi connectivity index (χ2n) is 4.06. The number of likely N-dealkylation sites (N-methyl/N-ethyl adjacent to an activating group) is 1. The highest BCUT2D eigenvalue weighted by atomic mass is 35.5. The molecule has 1 N–H and O–H groups in total. The molecule has 0 radical (unpaired) electrons. The zero-order valence-electron chi connectivity index (χ0n) is 12.3. The Balaban J connectivity index is 3.01. The van der Waals surface area contributed by atoms with Crippen molar-refractivity contribution in [3.8, 4) is 0 Å². The molecule has 1 rings (SSSR count). The SMILES string of the molecule is CCOC(=O)/C(=N/Nc1cc(Cl)ccc1Cl)N(CC)CC. The van der Waals surface area contributed by atoms with Crippen molar-refractivity contribution in [1.29, 1.82) is 0 Å². The van der Waals surface area contributed by atoms with E-state index < -0.39 is 5.97 Å². The molecule has 0 spiro atoms. The monoisotopic (exact) mass is 331 g/mol. The standard InChI is InChI=1S/C14H19Cl2N3O2/c1-4-19(5-2)13(14(20)21-6-3)18-17-12-9-10(15)7-8-11(12)16/h7-9,17H,4-6H2,1-3H3/b18-13-. The second-order valence-corrected chi connectivity index (χ2v) is 4.91. The van der Waals surface area contributed by atoms with Gasteiger partial charge in [0, 0.05) is 18.1 Å². The number of nitrogens with zero attached hydrogens (tertiary/aromatic N) is 2. The summed E-state index contributed by atoms with van der Waals surface area (Å²) < 4.78 is 5.02. The van der Waals surface area contributed by atoms with Gasteiger partial charge < -0.3 is 9.64 Å². The maximum atomic E-state index is 12.0. The molecule has 0 aliphatic carbocycles. The molecule has 5 nitrogen and oxygen atoms in total. The fraction of sp³-hybridized carbons (Fsp3) is 0.429. The number of anilines is 1. The maximum Gasteiger partial charge on any atom is 0.375 e. The minimum atomic E-state index is -0.480. The van der Waals surface area contributed by atoms with Gasteiger partial charge in [-0.3, -0.25) is 5.43 Å². The second kappa shape index (κ2) is 8.74. The van der Waals surface area contributed by atoms with Gasteiger partial charge in [-0.2, -0.15) is 0 Å². The molecule has 0 saturated heterocycles. The molecule has 0 aliphatic heterocycles. The van der Waals surface area contributed by atoms with Crippen LogP contribution in [-0.4, -0.2) is 36.4 Å². The number of amidine groups is 1. The third-order valence-corrected chi connectivity index (χ3v) is 3.30. The third-order valence-electron chi connectivity index (χ3n) is 2.73. The van der Waals surface area contributed by atoms with E-state index in [0.29, 0.717) is 28.8 Å². The lowest BCUT2D eigenvalue weighted by atomic mass is 10.3. The molecule has 0 heterocycles. The van der Waals surface area contributed by atoms with Crippen LogP contribution in [0, 0.1) is 0 Å². The summed E-state index contributed by atoms with van der Waals surface area (Å²) in [5.41, 5.74) is 3.30. The van der Waals surface area contributed by atoms with Crippen LogP contribution in [0.5, 0.6) is 0 Å². The average molecular weight is 332 g/mol. The summed E-state index contributed by atoms with van der Waals surface area (Å²) in [4.78, 5) is 13.8. The van der Waals surface area contributed by atoms with Crippen molar-refractivity contribution < 1.29 is 9.53 Å². The largest absolute Gasteiger partial charge is 0.460 e. The summed E-state index contributed by atoms with van der Waals surface area (Å²) in [5, 5.41) is 5.12. The van der Waals surface area contributed by atoms with Crippen LogP contribution in [0.15, 0.2) is 23.3 Å². The van der Waals surface area contributed by atoms with Gasteiger partial charge in [0.1, 0.15) is 0 Å². The average Bonchev–Trinajstić information content (AvgIpc) is 2.47. The minimum absolute atomic E-state index is 0.206. The number of halogens is 2. The zero-order chi connectivity index (χ0) is 15.8. The molecule has 0 bridgehead atoms. The van der Waals surface area contributed by atoms with Crippen molar-refractivity contribution in [2.45, 2.75) is 20.8 Å². The fourth-order valence-corrected chi connectivity index (χ4v) is 1.99. The Morgan fingerprint density at radius 2 is 1.95 bits per heavy atom. The number of hydrogen-bond donors (Lipinski definition) is 1. The van der Waals surface area contributed by atoms with Crippen LogP contribution in [0.3, 0.4) is 0 Å². The molecule has 0 saturated carbocycles. The first kappa shape index (κ1) is 17.6. The van der Waals surface area contributed by atoms with Crippen molar-refractivity contribution in [3.63, 3.8) is 0 Å². The Labute approximate surface area is 134 Å². The molecule has 0 aromatic heterocycles. The number of benzene rings is 1. The number of nitrogens with one attached hydrogen (secondary N) is 1. The smallest absolute Gasteiger partial charge is 0.375 e. The predicted octanol–water partition coefficient (Wildman–Crippen LogP) is 3.62. The number of rotatable bonds is 5. The highest BCUT2D eigenvalue weighted by Crippen LogP contribution is 2.25. The summed E-state index contributed by atoms with van der Waals surface area (Å²) in [6.07, 6.45) is 0.